The monoisotopic (exact) mass is 264 g/mol. The van der Waals surface area contributed by atoms with Crippen molar-refractivity contribution in [3.63, 3.8) is 0 Å². The first kappa shape index (κ1) is 12.3. The van der Waals surface area contributed by atoms with Gasteiger partial charge in [-0.1, -0.05) is 12.1 Å². The van der Waals surface area contributed by atoms with Gasteiger partial charge >= 0.3 is 0 Å². The number of hydrogen-bond acceptors (Lipinski definition) is 4. The number of nitrogens with one attached hydrogen (secondary N) is 1. The van der Waals surface area contributed by atoms with Crippen LogP contribution in [0.1, 0.15) is 28.8 Å². The van der Waals surface area contributed by atoms with Crippen molar-refractivity contribution in [3.05, 3.63) is 41.1 Å². The number of fused-ring (bicyclic) bond motifs is 1. The summed E-state index contributed by atoms with van der Waals surface area (Å²) in [5.41, 5.74) is 2.28. The van der Waals surface area contributed by atoms with Crippen molar-refractivity contribution in [1.82, 2.24) is 4.90 Å². The summed E-state index contributed by atoms with van der Waals surface area (Å²) >= 11 is 0. The van der Waals surface area contributed by atoms with Crippen LogP contribution in [0.4, 0.5) is 5.69 Å². The Morgan fingerprint density at radius 1 is 1.35 bits per heavy atom. The fourth-order valence-electron chi connectivity index (χ4n) is 2.42. The number of amides is 1. The minimum Gasteiger partial charge on any atom is -0.359 e. The Hall–Kier alpha value is -2.79. The predicted molar refractivity (Wildman–Crippen MR) is 72.3 cm³/mol. The van der Waals surface area contributed by atoms with Crippen LogP contribution in [0.2, 0.25) is 0 Å². The van der Waals surface area contributed by atoms with E-state index in [1.54, 1.807) is 18.2 Å². The first-order chi connectivity index (χ1) is 9.74. The van der Waals surface area contributed by atoms with Crippen LogP contribution in [-0.2, 0) is 6.54 Å². The van der Waals surface area contributed by atoms with Crippen molar-refractivity contribution in [3.8, 4) is 12.1 Å². The Morgan fingerprint density at radius 2 is 2.10 bits per heavy atom. The molecule has 1 heterocycles. The van der Waals surface area contributed by atoms with Gasteiger partial charge in [-0.15, -0.1) is 0 Å². The van der Waals surface area contributed by atoms with Crippen LogP contribution in [0, 0.1) is 22.7 Å². The predicted octanol–water partition coefficient (Wildman–Crippen LogP) is 2.15. The summed E-state index contributed by atoms with van der Waals surface area (Å²) in [6.07, 6.45) is 3.49. The van der Waals surface area contributed by atoms with E-state index in [4.69, 9.17) is 10.5 Å². The van der Waals surface area contributed by atoms with E-state index in [1.807, 2.05) is 17.0 Å². The molecule has 0 bridgehead atoms. The molecule has 0 spiro atoms. The number of rotatable bonds is 3. The lowest BCUT2D eigenvalue weighted by atomic mass is 10.1. The molecule has 0 radical (unpaired) electrons. The van der Waals surface area contributed by atoms with Crippen LogP contribution < -0.4 is 5.32 Å². The number of benzene rings is 1. The molecular formula is C15H12N4O. The van der Waals surface area contributed by atoms with Gasteiger partial charge < -0.3 is 10.2 Å². The van der Waals surface area contributed by atoms with Crippen molar-refractivity contribution in [2.24, 2.45) is 0 Å². The van der Waals surface area contributed by atoms with Gasteiger partial charge in [-0.3, -0.25) is 4.79 Å². The number of nitriles is 2. The SMILES string of the molecule is N#CC(C#N)=CNc1cccc2c1C(=O)N(C1CC1)C2. The third-order valence-electron chi connectivity index (χ3n) is 3.57. The van der Waals surface area contributed by atoms with Crippen LogP contribution >= 0.6 is 0 Å². The van der Waals surface area contributed by atoms with Gasteiger partial charge in [0.05, 0.1) is 11.3 Å². The maximum Gasteiger partial charge on any atom is 0.256 e. The third kappa shape index (κ3) is 2.00. The minimum atomic E-state index is -0.0212. The number of anilines is 1. The van der Waals surface area contributed by atoms with Gasteiger partial charge in [0.25, 0.3) is 5.91 Å². The quantitative estimate of drug-likeness (QED) is 0.848. The van der Waals surface area contributed by atoms with Gasteiger partial charge in [0, 0.05) is 18.8 Å². The first-order valence-electron chi connectivity index (χ1n) is 6.44. The summed E-state index contributed by atoms with van der Waals surface area (Å²) < 4.78 is 0. The smallest absolute Gasteiger partial charge is 0.256 e. The van der Waals surface area contributed by atoms with E-state index in [-0.39, 0.29) is 11.5 Å². The second-order valence-electron chi connectivity index (χ2n) is 4.93. The number of hydrogen-bond donors (Lipinski definition) is 1. The molecule has 1 aromatic carbocycles. The third-order valence-corrected chi connectivity index (χ3v) is 3.57. The zero-order valence-corrected chi connectivity index (χ0v) is 10.8. The van der Waals surface area contributed by atoms with E-state index in [1.165, 1.54) is 6.20 Å². The molecule has 1 aliphatic carbocycles. The molecule has 98 valence electrons. The summed E-state index contributed by atoms with van der Waals surface area (Å²) in [4.78, 5) is 14.3. The highest BCUT2D eigenvalue weighted by molar-refractivity contribution is 6.04. The standard InChI is InChI=1S/C15H12N4O/c16-6-10(7-17)8-18-13-3-1-2-11-9-19(12-4-5-12)15(20)14(11)13/h1-3,8,12,18H,4-5,9H2. The van der Waals surface area contributed by atoms with Crippen molar-refractivity contribution in [2.75, 3.05) is 5.32 Å². The van der Waals surface area contributed by atoms with Crippen LogP contribution in [0.15, 0.2) is 30.0 Å². The van der Waals surface area contributed by atoms with Crippen molar-refractivity contribution >= 4 is 11.6 Å². The molecule has 20 heavy (non-hydrogen) atoms. The van der Waals surface area contributed by atoms with Gasteiger partial charge in [0.2, 0.25) is 0 Å². The lowest BCUT2D eigenvalue weighted by Gasteiger charge is -2.13. The lowest BCUT2D eigenvalue weighted by molar-refractivity contribution is 0.0767. The molecule has 1 fully saturated rings. The van der Waals surface area contributed by atoms with Crippen LogP contribution in [0.3, 0.4) is 0 Å². The molecular weight excluding hydrogens is 252 g/mol. The van der Waals surface area contributed by atoms with Gasteiger partial charge in [-0.2, -0.15) is 10.5 Å². The Kier molecular flexibility index (Phi) is 2.89. The van der Waals surface area contributed by atoms with Crippen molar-refractivity contribution in [2.45, 2.75) is 25.4 Å². The summed E-state index contributed by atoms with van der Waals surface area (Å²) in [6.45, 7) is 0.654. The first-order valence-corrected chi connectivity index (χ1v) is 6.44. The van der Waals surface area contributed by atoms with E-state index in [0.29, 0.717) is 23.8 Å². The molecule has 3 rings (SSSR count). The van der Waals surface area contributed by atoms with E-state index < -0.39 is 0 Å². The number of carbonyl (C=O) groups is 1. The Labute approximate surface area is 116 Å². The molecule has 5 heteroatoms. The van der Waals surface area contributed by atoms with E-state index in [2.05, 4.69) is 5.32 Å². The molecule has 2 aliphatic rings. The highest BCUT2D eigenvalue weighted by Gasteiger charge is 2.39. The fourth-order valence-corrected chi connectivity index (χ4v) is 2.42. The Balaban J connectivity index is 1.91. The zero-order chi connectivity index (χ0) is 14.1. The lowest BCUT2D eigenvalue weighted by Crippen LogP contribution is -2.26. The Morgan fingerprint density at radius 3 is 2.75 bits per heavy atom. The van der Waals surface area contributed by atoms with Crippen LogP contribution in [-0.4, -0.2) is 16.8 Å². The molecule has 1 saturated carbocycles. The second-order valence-corrected chi connectivity index (χ2v) is 4.93. The van der Waals surface area contributed by atoms with Gasteiger partial charge in [0.15, 0.2) is 0 Å². The molecule has 0 saturated heterocycles. The number of allylic oxidation sites excluding steroid dienone is 1. The molecule has 1 amide bonds. The average Bonchev–Trinajstić information content (AvgIpc) is 3.25. The highest BCUT2D eigenvalue weighted by atomic mass is 16.2. The molecule has 0 unspecified atom stereocenters. The molecule has 1 aliphatic heterocycles. The molecule has 1 N–H and O–H groups in total. The largest absolute Gasteiger partial charge is 0.359 e. The number of carbonyl (C=O) groups excluding carboxylic acids is 1. The molecule has 1 aromatic rings. The molecule has 0 aromatic heterocycles. The molecule has 5 nitrogen and oxygen atoms in total. The maximum absolute atomic E-state index is 12.4. The fraction of sp³-hybridized carbons (Fsp3) is 0.267. The van der Waals surface area contributed by atoms with E-state index >= 15 is 0 Å². The van der Waals surface area contributed by atoms with Gasteiger partial charge in [-0.25, -0.2) is 0 Å². The summed E-state index contributed by atoms with van der Waals surface area (Å²) in [5, 5.41) is 20.3. The normalized spacial score (nSPS) is 16.1. The van der Waals surface area contributed by atoms with Crippen LogP contribution in [0.25, 0.3) is 0 Å². The van der Waals surface area contributed by atoms with Crippen molar-refractivity contribution < 1.29 is 4.79 Å². The zero-order valence-electron chi connectivity index (χ0n) is 10.8. The molecule has 0 atom stereocenters. The number of nitrogens with zero attached hydrogens (tertiary/aromatic N) is 3. The van der Waals surface area contributed by atoms with Crippen LogP contribution in [0.5, 0.6) is 0 Å². The maximum atomic E-state index is 12.4. The highest BCUT2D eigenvalue weighted by Crippen LogP contribution is 2.37. The van der Waals surface area contributed by atoms with E-state index in [0.717, 1.165) is 18.4 Å². The van der Waals surface area contributed by atoms with Crippen molar-refractivity contribution in [1.29, 1.82) is 10.5 Å². The minimum absolute atomic E-state index is 0.0212. The van der Waals surface area contributed by atoms with Gasteiger partial charge in [0.1, 0.15) is 17.7 Å². The Bertz CT molecular complexity index is 673. The summed E-state index contributed by atoms with van der Waals surface area (Å²) in [5.74, 6) is 0.0365. The topological polar surface area (TPSA) is 79.9 Å². The average molecular weight is 264 g/mol. The van der Waals surface area contributed by atoms with Gasteiger partial charge in [-0.05, 0) is 24.5 Å². The second kappa shape index (κ2) is 4.71. The van der Waals surface area contributed by atoms with E-state index in [9.17, 15) is 4.79 Å². The summed E-state index contributed by atoms with van der Waals surface area (Å²) in [6, 6.07) is 9.55. The summed E-state index contributed by atoms with van der Waals surface area (Å²) in [7, 11) is 0.